The number of nitrogens with zero attached hydrogens (tertiary/aromatic N) is 4. The van der Waals surface area contributed by atoms with Gasteiger partial charge in [0.2, 0.25) is 17.3 Å². The van der Waals surface area contributed by atoms with Crippen molar-refractivity contribution in [3.05, 3.63) is 52.3 Å². The number of thioether (sulfide) groups is 1. The summed E-state index contributed by atoms with van der Waals surface area (Å²) in [6, 6.07) is 10.4. The summed E-state index contributed by atoms with van der Waals surface area (Å²) in [7, 11) is 0. The number of para-hydroxylation sites is 1. The van der Waals surface area contributed by atoms with Crippen molar-refractivity contribution in [1.82, 2.24) is 15.2 Å². The van der Waals surface area contributed by atoms with Crippen molar-refractivity contribution in [2.45, 2.75) is 50.4 Å². The summed E-state index contributed by atoms with van der Waals surface area (Å²) in [5.74, 6) is 1.15. The molecule has 162 valence electrons. The number of rotatable bonds is 9. The Hall–Kier alpha value is -3.14. The summed E-state index contributed by atoms with van der Waals surface area (Å²) in [6.45, 7) is 2.20. The average Bonchev–Trinajstić information content (AvgIpc) is 3.21. The zero-order chi connectivity index (χ0) is 21.6. The second-order valence-corrected chi connectivity index (χ2v) is 8.19. The maximum absolute atomic E-state index is 11.0. The van der Waals surface area contributed by atoms with Crippen LogP contribution in [0.25, 0.3) is 11.3 Å². The Kier molecular flexibility index (Phi) is 6.66. The Morgan fingerprint density at radius 3 is 2.77 bits per heavy atom. The number of fused-ring (bicyclic) bond motifs is 3. The van der Waals surface area contributed by atoms with Crippen LogP contribution >= 0.6 is 11.8 Å². The van der Waals surface area contributed by atoms with E-state index in [2.05, 4.69) is 27.4 Å². The van der Waals surface area contributed by atoms with Gasteiger partial charge in [0, 0.05) is 17.0 Å². The molecule has 1 aliphatic heterocycles. The maximum Gasteiger partial charge on any atom is 0.433 e. The Bertz CT molecular complexity index is 1060. The van der Waals surface area contributed by atoms with E-state index in [4.69, 9.17) is 9.15 Å². The number of unbranched alkanes of at least 4 members (excludes halogenated alkanes) is 4. The zero-order valence-corrected chi connectivity index (χ0v) is 17.9. The number of aromatic nitrogens is 3. The van der Waals surface area contributed by atoms with E-state index in [0.717, 1.165) is 23.4 Å². The quantitative estimate of drug-likeness (QED) is 0.196. The van der Waals surface area contributed by atoms with Crippen molar-refractivity contribution in [2.75, 3.05) is 11.1 Å². The molecule has 1 aromatic carbocycles. The molecule has 0 saturated heterocycles. The van der Waals surface area contributed by atoms with Crippen LogP contribution in [-0.2, 0) is 0 Å². The summed E-state index contributed by atoms with van der Waals surface area (Å²) in [5.41, 5.74) is 2.05. The molecule has 3 aromatic rings. The van der Waals surface area contributed by atoms with E-state index < -0.39 is 11.2 Å². The molecule has 0 radical (unpaired) electrons. The smallest absolute Gasteiger partial charge is 0.433 e. The molecule has 1 unspecified atom stereocenters. The van der Waals surface area contributed by atoms with Gasteiger partial charge in [-0.15, -0.1) is 10.2 Å². The number of nitrogens with one attached hydrogen (secondary N) is 1. The number of hydrogen-bond donors (Lipinski definition) is 1. The summed E-state index contributed by atoms with van der Waals surface area (Å²) < 4.78 is 11.4. The van der Waals surface area contributed by atoms with Gasteiger partial charge in [-0.05, 0) is 18.6 Å². The standard InChI is InChI=1S/C21H23N5O4S/c1-2-3-4-5-8-13-31-21-23-20-18(24-25-21)14-9-6-7-10-15(14)22-19(30-20)16-11-12-17(29-16)26(27)28/h6-7,9-12,19,22H,2-5,8,13H2,1H3. The molecule has 0 fully saturated rings. The highest BCUT2D eigenvalue weighted by atomic mass is 32.2. The van der Waals surface area contributed by atoms with Crippen molar-refractivity contribution >= 4 is 23.3 Å². The first-order valence-electron chi connectivity index (χ1n) is 10.3. The Morgan fingerprint density at radius 1 is 1.13 bits per heavy atom. The van der Waals surface area contributed by atoms with Crippen molar-refractivity contribution in [3.63, 3.8) is 0 Å². The molecule has 4 rings (SSSR count). The average molecular weight is 442 g/mol. The maximum atomic E-state index is 11.0. The van der Waals surface area contributed by atoms with Gasteiger partial charge in [0.25, 0.3) is 0 Å². The number of ether oxygens (including phenoxy) is 1. The molecule has 0 amide bonds. The van der Waals surface area contributed by atoms with Gasteiger partial charge in [-0.1, -0.05) is 62.6 Å². The molecule has 31 heavy (non-hydrogen) atoms. The van der Waals surface area contributed by atoms with Crippen LogP contribution < -0.4 is 10.1 Å². The molecule has 1 atom stereocenters. The van der Waals surface area contributed by atoms with E-state index in [1.54, 1.807) is 11.8 Å². The van der Waals surface area contributed by atoms with Gasteiger partial charge in [0.15, 0.2) is 11.5 Å². The fraction of sp³-hybridized carbons (Fsp3) is 0.381. The second kappa shape index (κ2) is 9.78. The fourth-order valence-electron chi connectivity index (χ4n) is 3.29. The molecule has 3 heterocycles. The third-order valence-electron chi connectivity index (χ3n) is 4.86. The minimum atomic E-state index is -0.792. The highest BCUT2D eigenvalue weighted by molar-refractivity contribution is 7.99. The van der Waals surface area contributed by atoms with Crippen molar-refractivity contribution in [3.8, 4) is 17.1 Å². The van der Waals surface area contributed by atoms with Gasteiger partial charge in [-0.2, -0.15) is 4.98 Å². The van der Waals surface area contributed by atoms with Crippen LogP contribution in [0.15, 0.2) is 46.0 Å². The van der Waals surface area contributed by atoms with Crippen molar-refractivity contribution in [1.29, 1.82) is 0 Å². The molecule has 0 aliphatic carbocycles. The third kappa shape index (κ3) is 4.96. The Morgan fingerprint density at radius 2 is 1.97 bits per heavy atom. The number of hydrogen-bond acceptors (Lipinski definition) is 9. The van der Waals surface area contributed by atoms with E-state index in [1.165, 1.54) is 37.8 Å². The molecule has 9 nitrogen and oxygen atoms in total. The predicted molar refractivity (Wildman–Crippen MR) is 117 cm³/mol. The summed E-state index contributed by atoms with van der Waals surface area (Å²) in [6.07, 6.45) is 5.20. The first kappa shape index (κ1) is 21.1. The van der Waals surface area contributed by atoms with Gasteiger partial charge >= 0.3 is 5.88 Å². The van der Waals surface area contributed by atoms with Crippen LogP contribution in [0.1, 0.15) is 51.0 Å². The molecule has 1 aliphatic rings. The van der Waals surface area contributed by atoms with Crippen LogP contribution in [0, 0.1) is 10.1 Å². The molecular weight excluding hydrogens is 418 g/mol. The van der Waals surface area contributed by atoms with E-state index >= 15 is 0 Å². The number of nitro groups is 1. The summed E-state index contributed by atoms with van der Waals surface area (Å²) >= 11 is 1.55. The zero-order valence-electron chi connectivity index (χ0n) is 17.1. The normalized spacial score (nSPS) is 14.7. The second-order valence-electron chi connectivity index (χ2n) is 7.13. The Balaban J connectivity index is 1.57. The molecule has 0 spiro atoms. The lowest BCUT2D eigenvalue weighted by Crippen LogP contribution is -2.16. The van der Waals surface area contributed by atoms with Gasteiger partial charge in [0.05, 0.1) is 6.07 Å². The van der Waals surface area contributed by atoms with Gasteiger partial charge in [0.1, 0.15) is 4.92 Å². The van der Waals surface area contributed by atoms with Crippen LogP contribution in [0.3, 0.4) is 0 Å². The SMILES string of the molecule is CCCCCCCSc1nnc2c(n1)OC(c1ccc([N+](=O)[O-])o1)Nc1ccccc1-2. The third-order valence-corrected chi connectivity index (χ3v) is 5.79. The molecule has 0 bridgehead atoms. The lowest BCUT2D eigenvalue weighted by molar-refractivity contribution is -0.402. The monoisotopic (exact) mass is 441 g/mol. The predicted octanol–water partition coefficient (Wildman–Crippen LogP) is 5.61. The van der Waals surface area contributed by atoms with Gasteiger partial charge < -0.3 is 14.5 Å². The molecular formula is C21H23N5O4S. The first-order valence-corrected chi connectivity index (χ1v) is 11.3. The molecule has 1 N–H and O–H groups in total. The highest BCUT2D eigenvalue weighted by Gasteiger charge is 2.29. The minimum absolute atomic E-state index is 0.276. The lowest BCUT2D eigenvalue weighted by Gasteiger charge is -2.16. The van der Waals surface area contributed by atoms with Crippen molar-refractivity contribution < 1.29 is 14.1 Å². The molecule has 10 heteroatoms. The lowest BCUT2D eigenvalue weighted by atomic mass is 10.1. The summed E-state index contributed by atoms with van der Waals surface area (Å²) in [5, 5.41) is 23.4. The van der Waals surface area contributed by atoms with E-state index in [0.29, 0.717) is 16.7 Å². The van der Waals surface area contributed by atoms with Gasteiger partial charge in [-0.25, -0.2) is 0 Å². The molecule has 0 saturated carbocycles. The number of benzene rings is 1. The first-order chi connectivity index (χ1) is 15.2. The Labute approximate surface area is 183 Å². The minimum Gasteiger partial charge on any atom is -0.444 e. The van der Waals surface area contributed by atoms with Gasteiger partial charge in [-0.3, -0.25) is 10.1 Å². The fourth-order valence-corrected chi connectivity index (χ4v) is 4.06. The van der Waals surface area contributed by atoms with Crippen LogP contribution in [-0.4, -0.2) is 25.9 Å². The number of furan rings is 1. The highest BCUT2D eigenvalue weighted by Crippen LogP contribution is 2.40. The number of anilines is 1. The van der Waals surface area contributed by atoms with E-state index in [1.807, 2.05) is 24.3 Å². The van der Waals surface area contributed by atoms with Crippen molar-refractivity contribution in [2.24, 2.45) is 0 Å². The molecule has 2 aromatic heterocycles. The van der Waals surface area contributed by atoms with E-state index in [9.17, 15) is 10.1 Å². The largest absolute Gasteiger partial charge is 0.444 e. The van der Waals surface area contributed by atoms with Crippen LogP contribution in [0.4, 0.5) is 11.6 Å². The van der Waals surface area contributed by atoms with Crippen LogP contribution in [0.2, 0.25) is 0 Å². The summed E-state index contributed by atoms with van der Waals surface area (Å²) in [4.78, 5) is 15.0. The topological polar surface area (TPSA) is 116 Å². The van der Waals surface area contributed by atoms with Crippen LogP contribution in [0.5, 0.6) is 5.88 Å². The van der Waals surface area contributed by atoms with E-state index in [-0.39, 0.29) is 11.6 Å².